The number of rotatable bonds is 9. The molecular formula is C28H31N3O5S. The number of methoxy groups -OCH3 is 1. The van der Waals surface area contributed by atoms with E-state index in [2.05, 4.69) is 18.4 Å². The van der Waals surface area contributed by atoms with Gasteiger partial charge in [0.15, 0.2) is 0 Å². The van der Waals surface area contributed by atoms with Gasteiger partial charge in [-0.25, -0.2) is 22.9 Å². The fraction of sp³-hybridized carbons (Fsp3) is 0.286. The Bertz CT molecular complexity index is 1530. The number of aromatic nitrogens is 2. The monoisotopic (exact) mass is 521 g/mol. The highest BCUT2D eigenvalue weighted by molar-refractivity contribution is 7.89. The lowest BCUT2D eigenvalue weighted by Gasteiger charge is -2.13. The highest BCUT2D eigenvalue weighted by atomic mass is 32.2. The summed E-state index contributed by atoms with van der Waals surface area (Å²) in [4.78, 5) is 17.0. The highest BCUT2D eigenvalue weighted by Crippen LogP contribution is 2.32. The normalized spacial score (nSPS) is 11.5. The molecule has 0 fully saturated rings. The Hall–Kier alpha value is -3.85. The molecule has 0 bridgehead atoms. The van der Waals surface area contributed by atoms with Crippen LogP contribution in [-0.4, -0.2) is 37.4 Å². The quantitative estimate of drug-likeness (QED) is 0.314. The molecule has 0 radical (unpaired) electrons. The summed E-state index contributed by atoms with van der Waals surface area (Å²) in [6, 6.07) is 19.0. The van der Waals surface area contributed by atoms with Crippen LogP contribution in [0, 0.1) is 6.92 Å². The first-order valence-corrected chi connectivity index (χ1v) is 14.0. The number of unbranched alkanes of at least 4 members (excludes halogenated alkanes) is 1. The molecule has 0 aliphatic heterocycles. The summed E-state index contributed by atoms with van der Waals surface area (Å²) in [5, 5.41) is 0. The number of hydrogen-bond donors (Lipinski definition) is 1. The van der Waals surface area contributed by atoms with Crippen molar-refractivity contribution >= 4 is 27.1 Å². The van der Waals surface area contributed by atoms with Gasteiger partial charge in [0, 0.05) is 18.5 Å². The average molecular weight is 522 g/mol. The molecule has 0 saturated heterocycles. The van der Waals surface area contributed by atoms with Crippen molar-refractivity contribution in [2.75, 3.05) is 13.4 Å². The second-order valence-electron chi connectivity index (χ2n) is 8.96. The van der Waals surface area contributed by atoms with Gasteiger partial charge < -0.3 is 14.0 Å². The molecule has 0 saturated carbocycles. The third kappa shape index (κ3) is 6.11. The Balaban J connectivity index is 1.65. The number of ether oxygens (including phenoxy) is 2. The first kappa shape index (κ1) is 26.2. The Kier molecular flexibility index (Phi) is 7.83. The molecule has 0 aliphatic rings. The van der Waals surface area contributed by atoms with Gasteiger partial charge in [-0.1, -0.05) is 61.9 Å². The zero-order chi connectivity index (χ0) is 26.6. The third-order valence-electron chi connectivity index (χ3n) is 6.08. The van der Waals surface area contributed by atoms with Crippen LogP contribution in [0.15, 0.2) is 60.7 Å². The number of aryl methyl sites for hydroxylation is 2. The molecule has 4 aromatic rings. The van der Waals surface area contributed by atoms with Gasteiger partial charge in [-0.15, -0.1) is 0 Å². The first-order valence-electron chi connectivity index (χ1n) is 12.1. The van der Waals surface area contributed by atoms with E-state index in [0.29, 0.717) is 12.1 Å². The van der Waals surface area contributed by atoms with Crippen LogP contribution >= 0.6 is 0 Å². The van der Waals surface area contributed by atoms with E-state index < -0.39 is 16.1 Å². The molecule has 0 spiro atoms. The summed E-state index contributed by atoms with van der Waals surface area (Å²) in [6.07, 6.45) is 2.85. The molecule has 1 heterocycles. The van der Waals surface area contributed by atoms with Crippen LogP contribution in [0.5, 0.6) is 11.5 Å². The topological polar surface area (TPSA) is 99.5 Å². The maximum Gasteiger partial charge on any atom is 0.426 e. The fourth-order valence-electron chi connectivity index (χ4n) is 4.28. The van der Waals surface area contributed by atoms with Crippen molar-refractivity contribution in [2.24, 2.45) is 0 Å². The van der Waals surface area contributed by atoms with Crippen molar-refractivity contribution in [3.8, 4) is 22.6 Å². The van der Waals surface area contributed by atoms with E-state index in [0.717, 1.165) is 64.8 Å². The predicted octanol–water partition coefficient (Wildman–Crippen LogP) is 5.46. The molecule has 4 rings (SSSR count). The van der Waals surface area contributed by atoms with Crippen molar-refractivity contribution in [1.82, 2.24) is 14.3 Å². The lowest BCUT2D eigenvalue weighted by atomic mass is 10.0. The maximum absolute atomic E-state index is 12.0. The van der Waals surface area contributed by atoms with Crippen molar-refractivity contribution < 1.29 is 22.7 Å². The summed E-state index contributed by atoms with van der Waals surface area (Å²) in [5.41, 5.74) is 5.65. The molecular weight excluding hydrogens is 490 g/mol. The van der Waals surface area contributed by atoms with Crippen molar-refractivity contribution in [3.05, 3.63) is 77.6 Å². The van der Waals surface area contributed by atoms with E-state index in [-0.39, 0.29) is 5.75 Å². The van der Waals surface area contributed by atoms with Crippen LogP contribution in [0.2, 0.25) is 0 Å². The molecule has 37 heavy (non-hydrogen) atoms. The van der Waals surface area contributed by atoms with E-state index in [1.165, 1.54) is 0 Å². The zero-order valence-corrected chi connectivity index (χ0v) is 22.3. The van der Waals surface area contributed by atoms with E-state index >= 15 is 0 Å². The largest absolute Gasteiger partial charge is 0.494 e. The number of nitrogens with zero attached hydrogens (tertiary/aromatic N) is 2. The van der Waals surface area contributed by atoms with Crippen molar-refractivity contribution in [2.45, 2.75) is 39.7 Å². The predicted molar refractivity (Wildman–Crippen MR) is 145 cm³/mol. The zero-order valence-electron chi connectivity index (χ0n) is 21.4. The van der Waals surface area contributed by atoms with E-state index in [1.54, 1.807) is 19.2 Å². The molecule has 8 nitrogen and oxygen atoms in total. The minimum Gasteiger partial charge on any atom is -0.494 e. The standard InChI is InChI=1S/C28H31N3O5S/c1-5-6-11-25-29-26-19(2)12-17-24(35-3)27(26)31(25)18-20-13-15-21(16-14-20)22-9-7-8-10-23(22)36-28(32)30-37(4,33)34/h7-10,12-17H,5-6,11,18H2,1-4H3,(H,30,32). The summed E-state index contributed by atoms with van der Waals surface area (Å²) in [7, 11) is -2.05. The summed E-state index contributed by atoms with van der Waals surface area (Å²) < 4.78 is 37.7. The molecule has 1 N–H and O–H groups in total. The Morgan fingerprint density at radius 3 is 2.43 bits per heavy atom. The Morgan fingerprint density at radius 1 is 1.03 bits per heavy atom. The van der Waals surface area contributed by atoms with Gasteiger partial charge in [-0.3, -0.25) is 0 Å². The number of sulfonamides is 1. The molecule has 194 valence electrons. The summed E-state index contributed by atoms with van der Waals surface area (Å²) in [6.45, 7) is 4.86. The number of nitrogens with one attached hydrogen (secondary N) is 1. The van der Waals surface area contributed by atoms with Crippen LogP contribution in [-0.2, 0) is 23.0 Å². The molecule has 1 amide bonds. The second-order valence-corrected chi connectivity index (χ2v) is 10.7. The van der Waals surface area contributed by atoms with Crippen LogP contribution in [0.3, 0.4) is 0 Å². The van der Waals surface area contributed by atoms with Crippen LogP contribution in [0.4, 0.5) is 4.79 Å². The second kappa shape index (κ2) is 11.0. The van der Waals surface area contributed by atoms with Gasteiger partial charge in [0.2, 0.25) is 10.0 Å². The van der Waals surface area contributed by atoms with Gasteiger partial charge in [0.25, 0.3) is 0 Å². The Morgan fingerprint density at radius 2 is 1.76 bits per heavy atom. The van der Waals surface area contributed by atoms with Crippen molar-refractivity contribution in [1.29, 1.82) is 0 Å². The molecule has 0 unspecified atom stereocenters. The van der Waals surface area contributed by atoms with Crippen LogP contribution in [0.1, 0.15) is 36.7 Å². The number of carbonyl (C=O) groups is 1. The lowest BCUT2D eigenvalue weighted by molar-refractivity contribution is 0.207. The minimum atomic E-state index is -3.73. The smallest absolute Gasteiger partial charge is 0.426 e. The number of amides is 1. The third-order valence-corrected chi connectivity index (χ3v) is 6.61. The maximum atomic E-state index is 12.0. The molecule has 0 atom stereocenters. The van der Waals surface area contributed by atoms with Gasteiger partial charge in [0.1, 0.15) is 22.8 Å². The van der Waals surface area contributed by atoms with Gasteiger partial charge in [-0.2, -0.15) is 0 Å². The number of hydrogen-bond acceptors (Lipinski definition) is 6. The molecule has 9 heteroatoms. The highest BCUT2D eigenvalue weighted by Gasteiger charge is 2.18. The summed E-state index contributed by atoms with van der Waals surface area (Å²) in [5.74, 6) is 2.09. The lowest BCUT2D eigenvalue weighted by Crippen LogP contribution is -2.32. The number of benzene rings is 3. The van der Waals surface area contributed by atoms with E-state index in [1.807, 2.05) is 53.3 Å². The fourth-order valence-corrected chi connectivity index (χ4v) is 4.63. The first-order chi connectivity index (χ1) is 17.7. The number of carbonyl (C=O) groups excluding carboxylic acids is 1. The SMILES string of the molecule is CCCCc1nc2c(C)ccc(OC)c2n1Cc1ccc(-c2ccccc2OC(=O)NS(C)(=O)=O)cc1. The van der Waals surface area contributed by atoms with Gasteiger partial charge in [0.05, 0.1) is 18.9 Å². The average Bonchev–Trinajstić information content (AvgIpc) is 3.22. The molecule has 0 aliphatic carbocycles. The van der Waals surface area contributed by atoms with E-state index in [4.69, 9.17) is 14.5 Å². The number of imidazole rings is 1. The van der Waals surface area contributed by atoms with Crippen molar-refractivity contribution in [3.63, 3.8) is 0 Å². The minimum absolute atomic E-state index is 0.263. The number of para-hydroxylation sites is 1. The summed E-state index contributed by atoms with van der Waals surface area (Å²) >= 11 is 0. The number of fused-ring (bicyclic) bond motifs is 1. The van der Waals surface area contributed by atoms with E-state index in [9.17, 15) is 13.2 Å². The van der Waals surface area contributed by atoms with Crippen LogP contribution < -0.4 is 14.2 Å². The van der Waals surface area contributed by atoms with Crippen LogP contribution in [0.25, 0.3) is 22.2 Å². The Labute approximate surface area is 217 Å². The molecule has 3 aromatic carbocycles. The van der Waals surface area contributed by atoms with Gasteiger partial charge in [-0.05, 0) is 42.2 Å². The van der Waals surface area contributed by atoms with Gasteiger partial charge >= 0.3 is 6.09 Å². The molecule has 1 aromatic heterocycles.